The van der Waals surface area contributed by atoms with Crippen LogP contribution in [0.25, 0.3) is 0 Å². The van der Waals surface area contributed by atoms with E-state index in [0.717, 1.165) is 11.1 Å². The SMILES string of the molecule is CC(=O)OC1C(=O)C=C2C=C3OC(=O)C(C)=C3CC2(C)C1C. The van der Waals surface area contributed by atoms with Crippen LogP contribution in [-0.4, -0.2) is 23.8 Å². The Balaban J connectivity index is 2.08. The van der Waals surface area contributed by atoms with E-state index in [1.807, 2.05) is 13.8 Å². The minimum Gasteiger partial charge on any atom is -0.454 e. The monoisotopic (exact) mass is 302 g/mol. The number of esters is 2. The minimum atomic E-state index is -0.778. The van der Waals surface area contributed by atoms with Crippen molar-refractivity contribution < 1.29 is 23.9 Å². The normalized spacial score (nSPS) is 33.6. The van der Waals surface area contributed by atoms with Gasteiger partial charge in [-0.25, -0.2) is 4.79 Å². The van der Waals surface area contributed by atoms with Gasteiger partial charge in [-0.1, -0.05) is 13.8 Å². The molecular weight excluding hydrogens is 284 g/mol. The van der Waals surface area contributed by atoms with E-state index in [4.69, 9.17) is 9.47 Å². The Morgan fingerprint density at radius 2 is 2.05 bits per heavy atom. The molecule has 0 saturated heterocycles. The van der Waals surface area contributed by atoms with E-state index in [0.29, 0.717) is 17.8 Å². The van der Waals surface area contributed by atoms with Crippen LogP contribution < -0.4 is 0 Å². The van der Waals surface area contributed by atoms with Crippen molar-refractivity contribution in [3.05, 3.63) is 34.6 Å². The van der Waals surface area contributed by atoms with Crippen molar-refractivity contribution in [3.63, 3.8) is 0 Å². The van der Waals surface area contributed by atoms with E-state index < -0.39 is 12.1 Å². The molecule has 5 nitrogen and oxygen atoms in total. The highest BCUT2D eigenvalue weighted by atomic mass is 16.5. The van der Waals surface area contributed by atoms with Gasteiger partial charge in [-0.2, -0.15) is 0 Å². The lowest BCUT2D eigenvalue weighted by atomic mass is 9.60. The molecule has 5 heteroatoms. The van der Waals surface area contributed by atoms with Gasteiger partial charge in [-0.05, 0) is 31.1 Å². The smallest absolute Gasteiger partial charge is 0.339 e. The highest BCUT2D eigenvalue weighted by Crippen LogP contribution is 2.53. The Labute approximate surface area is 128 Å². The maximum Gasteiger partial charge on any atom is 0.339 e. The number of carbonyl (C=O) groups excluding carboxylic acids is 3. The number of ether oxygens (including phenoxy) is 2. The summed E-state index contributed by atoms with van der Waals surface area (Å²) in [6.45, 7) is 6.99. The molecule has 1 aliphatic heterocycles. The van der Waals surface area contributed by atoms with Crippen LogP contribution in [0.2, 0.25) is 0 Å². The first kappa shape index (κ1) is 14.8. The molecule has 116 valence electrons. The molecule has 0 amide bonds. The predicted molar refractivity (Wildman–Crippen MR) is 77.4 cm³/mol. The zero-order valence-electron chi connectivity index (χ0n) is 13.1. The van der Waals surface area contributed by atoms with Crippen LogP contribution in [0.3, 0.4) is 0 Å². The largest absolute Gasteiger partial charge is 0.454 e. The van der Waals surface area contributed by atoms with E-state index in [1.165, 1.54) is 13.0 Å². The first-order valence-corrected chi connectivity index (χ1v) is 7.31. The molecule has 3 rings (SSSR count). The Morgan fingerprint density at radius 1 is 1.36 bits per heavy atom. The van der Waals surface area contributed by atoms with Crippen molar-refractivity contribution >= 4 is 17.7 Å². The summed E-state index contributed by atoms with van der Waals surface area (Å²) in [6.07, 6.45) is 3.10. The Bertz CT molecular complexity index is 694. The van der Waals surface area contributed by atoms with Crippen molar-refractivity contribution in [2.24, 2.45) is 11.3 Å². The number of carbonyl (C=O) groups is 3. The Kier molecular flexibility index (Phi) is 3.13. The van der Waals surface area contributed by atoms with Gasteiger partial charge in [0.05, 0.1) is 0 Å². The van der Waals surface area contributed by atoms with Gasteiger partial charge in [-0.3, -0.25) is 9.59 Å². The van der Waals surface area contributed by atoms with Gasteiger partial charge < -0.3 is 9.47 Å². The standard InChI is InChI=1S/C17H18O5/c1-8-12-7-17(4)9(2)15(21-10(3)18)13(19)5-11(17)6-14(12)22-16(8)20/h5-6,9,15H,7H2,1-4H3. The van der Waals surface area contributed by atoms with Crippen LogP contribution in [0.5, 0.6) is 0 Å². The summed E-state index contributed by atoms with van der Waals surface area (Å²) < 4.78 is 10.5. The lowest BCUT2D eigenvalue weighted by Crippen LogP contribution is -2.46. The number of hydrogen-bond acceptors (Lipinski definition) is 5. The van der Waals surface area contributed by atoms with Crippen LogP contribution in [0.1, 0.15) is 34.1 Å². The summed E-state index contributed by atoms with van der Waals surface area (Å²) in [6, 6.07) is 0. The Morgan fingerprint density at radius 3 is 2.68 bits per heavy atom. The topological polar surface area (TPSA) is 69.7 Å². The number of rotatable bonds is 1. The van der Waals surface area contributed by atoms with E-state index in [1.54, 1.807) is 13.0 Å². The summed E-state index contributed by atoms with van der Waals surface area (Å²) in [5, 5.41) is 0. The van der Waals surface area contributed by atoms with Gasteiger partial charge in [0.2, 0.25) is 0 Å². The van der Waals surface area contributed by atoms with Crippen LogP contribution >= 0.6 is 0 Å². The van der Waals surface area contributed by atoms with Gasteiger partial charge in [0.25, 0.3) is 0 Å². The molecule has 3 atom stereocenters. The van der Waals surface area contributed by atoms with E-state index in [9.17, 15) is 14.4 Å². The molecular formula is C17H18O5. The maximum absolute atomic E-state index is 12.3. The third kappa shape index (κ3) is 1.95. The second kappa shape index (κ2) is 4.66. The van der Waals surface area contributed by atoms with Crippen LogP contribution in [0.15, 0.2) is 34.6 Å². The van der Waals surface area contributed by atoms with Crippen molar-refractivity contribution in [3.8, 4) is 0 Å². The quantitative estimate of drug-likeness (QED) is 0.695. The number of allylic oxidation sites excluding steroid dienone is 3. The van der Waals surface area contributed by atoms with E-state index in [-0.39, 0.29) is 23.1 Å². The van der Waals surface area contributed by atoms with Crippen LogP contribution in [0.4, 0.5) is 0 Å². The summed E-state index contributed by atoms with van der Waals surface area (Å²) in [5.41, 5.74) is 1.95. The lowest BCUT2D eigenvalue weighted by molar-refractivity contribution is -0.157. The molecule has 0 saturated carbocycles. The zero-order valence-corrected chi connectivity index (χ0v) is 13.1. The van der Waals surface area contributed by atoms with Crippen molar-refractivity contribution in [1.29, 1.82) is 0 Å². The summed E-state index contributed by atoms with van der Waals surface area (Å²) in [5.74, 6) is -0.664. The molecule has 0 radical (unpaired) electrons. The zero-order chi connectivity index (χ0) is 16.2. The fourth-order valence-corrected chi connectivity index (χ4v) is 3.44. The molecule has 0 spiro atoms. The molecule has 1 heterocycles. The third-order valence-electron chi connectivity index (χ3n) is 5.08. The van der Waals surface area contributed by atoms with Crippen LogP contribution in [0, 0.1) is 11.3 Å². The average Bonchev–Trinajstić information content (AvgIpc) is 2.69. The Hall–Kier alpha value is -2.17. The molecule has 0 N–H and O–H groups in total. The molecule has 22 heavy (non-hydrogen) atoms. The molecule has 0 fully saturated rings. The van der Waals surface area contributed by atoms with Gasteiger partial charge >= 0.3 is 11.9 Å². The maximum atomic E-state index is 12.3. The fraction of sp³-hybridized carbons (Fsp3) is 0.471. The third-order valence-corrected chi connectivity index (χ3v) is 5.08. The van der Waals surface area contributed by atoms with Gasteiger partial charge in [0.15, 0.2) is 11.9 Å². The van der Waals surface area contributed by atoms with Crippen molar-refractivity contribution in [1.82, 2.24) is 0 Å². The van der Waals surface area contributed by atoms with Crippen molar-refractivity contribution in [2.75, 3.05) is 0 Å². The van der Waals surface area contributed by atoms with E-state index >= 15 is 0 Å². The highest BCUT2D eigenvalue weighted by Gasteiger charge is 2.50. The van der Waals surface area contributed by atoms with Crippen LogP contribution in [-0.2, 0) is 23.9 Å². The summed E-state index contributed by atoms with van der Waals surface area (Å²) in [4.78, 5) is 35.2. The summed E-state index contributed by atoms with van der Waals surface area (Å²) in [7, 11) is 0. The molecule has 3 aliphatic rings. The van der Waals surface area contributed by atoms with Gasteiger partial charge in [0, 0.05) is 29.4 Å². The predicted octanol–water partition coefficient (Wildman–Crippen LogP) is 2.23. The second-order valence-corrected chi connectivity index (χ2v) is 6.42. The average molecular weight is 302 g/mol. The lowest BCUT2D eigenvalue weighted by Gasteiger charge is -2.45. The molecule has 3 unspecified atom stereocenters. The minimum absolute atomic E-state index is 0.183. The first-order valence-electron chi connectivity index (χ1n) is 7.31. The molecule has 0 aromatic carbocycles. The molecule has 0 aromatic rings. The van der Waals surface area contributed by atoms with Gasteiger partial charge in [-0.15, -0.1) is 0 Å². The molecule has 0 aromatic heterocycles. The van der Waals surface area contributed by atoms with Crippen molar-refractivity contribution in [2.45, 2.75) is 40.2 Å². The fourth-order valence-electron chi connectivity index (χ4n) is 3.44. The number of fused-ring (bicyclic) bond motifs is 2. The van der Waals surface area contributed by atoms with Gasteiger partial charge in [0.1, 0.15) is 5.76 Å². The first-order chi connectivity index (χ1) is 10.2. The number of hydrogen-bond donors (Lipinski definition) is 0. The summed E-state index contributed by atoms with van der Waals surface area (Å²) >= 11 is 0. The highest BCUT2D eigenvalue weighted by molar-refractivity contribution is 5.98. The number of ketones is 1. The van der Waals surface area contributed by atoms with E-state index in [2.05, 4.69) is 0 Å². The second-order valence-electron chi connectivity index (χ2n) is 6.42. The molecule has 0 bridgehead atoms. The molecule has 2 aliphatic carbocycles.